The maximum Gasteiger partial charge on any atom is 0.255 e. The minimum atomic E-state index is -0.524. The minimum absolute atomic E-state index is 0.0324. The van der Waals surface area contributed by atoms with Crippen molar-refractivity contribution in [2.24, 2.45) is 0 Å². The zero-order valence-electron chi connectivity index (χ0n) is 10.6. The van der Waals surface area contributed by atoms with E-state index in [9.17, 15) is 9.18 Å². The molecule has 1 amide bonds. The Kier molecular flexibility index (Phi) is 3.80. The summed E-state index contributed by atoms with van der Waals surface area (Å²) in [6.07, 6.45) is 0.896. The van der Waals surface area contributed by atoms with Gasteiger partial charge in [0, 0.05) is 11.3 Å². The predicted octanol–water partition coefficient (Wildman–Crippen LogP) is 3.22. The van der Waals surface area contributed by atoms with Crippen LogP contribution in [0.4, 0.5) is 15.8 Å². The minimum Gasteiger partial charge on any atom is -0.396 e. The highest BCUT2D eigenvalue weighted by atomic mass is 19.1. The molecule has 0 bridgehead atoms. The highest BCUT2D eigenvalue weighted by Gasteiger charge is 2.08. The van der Waals surface area contributed by atoms with Gasteiger partial charge in [-0.05, 0) is 42.3 Å². The third-order valence-electron chi connectivity index (χ3n) is 2.85. The lowest BCUT2D eigenvalue weighted by atomic mass is 10.1. The Hall–Kier alpha value is -2.36. The van der Waals surface area contributed by atoms with Crippen molar-refractivity contribution in [1.82, 2.24) is 0 Å². The summed E-state index contributed by atoms with van der Waals surface area (Å²) in [5.41, 5.74) is 7.59. The van der Waals surface area contributed by atoms with Crippen molar-refractivity contribution in [3.63, 3.8) is 0 Å². The number of aryl methyl sites for hydroxylation is 1. The van der Waals surface area contributed by atoms with Crippen molar-refractivity contribution in [1.29, 1.82) is 0 Å². The molecule has 98 valence electrons. The molecule has 4 heteroatoms. The van der Waals surface area contributed by atoms with E-state index in [1.54, 1.807) is 0 Å². The number of halogens is 1. The summed E-state index contributed by atoms with van der Waals surface area (Å²) in [4.78, 5) is 12.0. The number of hydrogen-bond acceptors (Lipinski definition) is 2. The van der Waals surface area contributed by atoms with Gasteiger partial charge in [-0.25, -0.2) is 4.39 Å². The molecule has 19 heavy (non-hydrogen) atoms. The average Bonchev–Trinajstić information content (AvgIpc) is 2.42. The van der Waals surface area contributed by atoms with Crippen molar-refractivity contribution >= 4 is 17.3 Å². The van der Waals surface area contributed by atoms with Gasteiger partial charge in [-0.2, -0.15) is 0 Å². The van der Waals surface area contributed by atoms with Gasteiger partial charge < -0.3 is 11.1 Å². The summed E-state index contributed by atoms with van der Waals surface area (Å²) in [5.74, 6) is -0.829. The summed E-state index contributed by atoms with van der Waals surface area (Å²) >= 11 is 0. The van der Waals surface area contributed by atoms with Gasteiger partial charge in [-0.1, -0.05) is 19.1 Å². The third kappa shape index (κ3) is 3.10. The zero-order valence-corrected chi connectivity index (χ0v) is 10.6. The van der Waals surface area contributed by atoms with Gasteiger partial charge >= 0.3 is 0 Å². The van der Waals surface area contributed by atoms with Crippen molar-refractivity contribution < 1.29 is 9.18 Å². The molecule has 0 aromatic heterocycles. The van der Waals surface area contributed by atoms with Crippen molar-refractivity contribution in [2.75, 3.05) is 11.1 Å². The summed E-state index contributed by atoms with van der Waals surface area (Å²) in [5, 5.41) is 2.76. The number of anilines is 2. The first-order valence-corrected chi connectivity index (χ1v) is 6.05. The maximum atomic E-state index is 13.0. The molecule has 0 aliphatic rings. The first kappa shape index (κ1) is 13.1. The molecule has 3 nitrogen and oxygen atoms in total. The van der Waals surface area contributed by atoms with Crippen LogP contribution in [0.25, 0.3) is 0 Å². The Morgan fingerprint density at radius 2 is 2.05 bits per heavy atom. The maximum absolute atomic E-state index is 13.0. The Morgan fingerprint density at radius 3 is 2.74 bits per heavy atom. The Balaban J connectivity index is 2.18. The summed E-state index contributed by atoms with van der Waals surface area (Å²) < 4.78 is 13.0. The van der Waals surface area contributed by atoms with E-state index >= 15 is 0 Å². The predicted molar refractivity (Wildman–Crippen MR) is 74.6 cm³/mol. The van der Waals surface area contributed by atoms with Gasteiger partial charge in [0.25, 0.3) is 5.91 Å². The molecule has 0 aliphatic heterocycles. The summed E-state index contributed by atoms with van der Waals surface area (Å²) in [7, 11) is 0. The van der Waals surface area contributed by atoms with E-state index in [1.807, 2.05) is 31.2 Å². The highest BCUT2D eigenvalue weighted by Crippen LogP contribution is 2.15. The normalized spacial score (nSPS) is 10.2. The van der Waals surface area contributed by atoms with E-state index in [0.29, 0.717) is 11.3 Å². The van der Waals surface area contributed by atoms with Crippen molar-refractivity contribution in [3.05, 3.63) is 59.4 Å². The number of nitrogens with one attached hydrogen (secondary N) is 1. The second kappa shape index (κ2) is 5.52. The molecular weight excluding hydrogens is 243 g/mol. The first-order chi connectivity index (χ1) is 9.10. The molecule has 0 unspecified atom stereocenters. The number of nitrogens with two attached hydrogens (primary N) is 1. The molecule has 0 saturated heterocycles. The van der Waals surface area contributed by atoms with Crippen LogP contribution in [0.2, 0.25) is 0 Å². The summed E-state index contributed by atoms with van der Waals surface area (Å²) in [6.45, 7) is 2.04. The fourth-order valence-corrected chi connectivity index (χ4v) is 1.76. The van der Waals surface area contributed by atoms with Crippen molar-refractivity contribution in [2.45, 2.75) is 13.3 Å². The fraction of sp³-hybridized carbons (Fsp3) is 0.133. The van der Waals surface area contributed by atoms with Crippen LogP contribution in [-0.2, 0) is 6.42 Å². The van der Waals surface area contributed by atoms with Crippen LogP contribution in [0.3, 0.4) is 0 Å². The smallest absolute Gasteiger partial charge is 0.255 e. The lowest BCUT2D eigenvalue weighted by Gasteiger charge is -2.07. The second-order valence-electron chi connectivity index (χ2n) is 4.24. The van der Waals surface area contributed by atoms with E-state index in [2.05, 4.69) is 5.32 Å². The van der Waals surface area contributed by atoms with E-state index < -0.39 is 5.82 Å². The molecule has 3 N–H and O–H groups in total. The molecular formula is C15H15FN2O. The quantitative estimate of drug-likeness (QED) is 0.830. The van der Waals surface area contributed by atoms with Gasteiger partial charge in [0.15, 0.2) is 0 Å². The van der Waals surface area contributed by atoms with Crippen LogP contribution in [-0.4, -0.2) is 5.91 Å². The van der Waals surface area contributed by atoms with Crippen LogP contribution in [0.15, 0.2) is 42.5 Å². The largest absolute Gasteiger partial charge is 0.396 e. The summed E-state index contributed by atoms with van der Waals surface area (Å²) in [6, 6.07) is 11.5. The van der Waals surface area contributed by atoms with Crippen molar-refractivity contribution in [3.8, 4) is 0 Å². The number of carbonyl (C=O) groups excluding carboxylic acids is 1. The standard InChI is InChI=1S/C15H15FN2O/c1-2-10-4-3-5-12(8-10)18-15(19)11-6-7-13(16)14(17)9-11/h3-9H,2,17H2,1H3,(H,18,19). The van der Waals surface area contributed by atoms with Crippen LogP contribution >= 0.6 is 0 Å². The average molecular weight is 258 g/mol. The number of rotatable bonds is 3. The molecule has 0 radical (unpaired) electrons. The molecule has 0 heterocycles. The van der Waals surface area contributed by atoms with Gasteiger partial charge in [0.2, 0.25) is 0 Å². The molecule has 0 fully saturated rings. The van der Waals surface area contributed by atoms with Gasteiger partial charge in [-0.15, -0.1) is 0 Å². The van der Waals surface area contributed by atoms with Crippen LogP contribution in [0.5, 0.6) is 0 Å². The zero-order chi connectivity index (χ0) is 13.8. The third-order valence-corrected chi connectivity index (χ3v) is 2.85. The number of hydrogen-bond donors (Lipinski definition) is 2. The molecule has 0 aliphatic carbocycles. The molecule has 0 atom stereocenters. The second-order valence-corrected chi connectivity index (χ2v) is 4.24. The Labute approximate surface area is 111 Å². The van der Waals surface area contributed by atoms with Crippen LogP contribution < -0.4 is 11.1 Å². The Bertz CT molecular complexity index is 611. The van der Waals surface area contributed by atoms with E-state index in [1.165, 1.54) is 18.2 Å². The molecule has 0 saturated carbocycles. The van der Waals surface area contributed by atoms with E-state index in [-0.39, 0.29) is 11.6 Å². The van der Waals surface area contributed by atoms with E-state index in [0.717, 1.165) is 12.0 Å². The molecule has 0 spiro atoms. The number of nitrogen functional groups attached to an aromatic ring is 1. The van der Waals surface area contributed by atoms with E-state index in [4.69, 9.17) is 5.73 Å². The number of amides is 1. The molecule has 2 aromatic carbocycles. The van der Waals surface area contributed by atoms with Crippen LogP contribution in [0, 0.1) is 5.82 Å². The number of carbonyl (C=O) groups is 1. The number of benzene rings is 2. The highest BCUT2D eigenvalue weighted by molar-refractivity contribution is 6.04. The topological polar surface area (TPSA) is 55.1 Å². The SMILES string of the molecule is CCc1cccc(NC(=O)c2ccc(F)c(N)c2)c1. The first-order valence-electron chi connectivity index (χ1n) is 6.05. The van der Waals surface area contributed by atoms with Gasteiger partial charge in [-0.3, -0.25) is 4.79 Å². The monoisotopic (exact) mass is 258 g/mol. The van der Waals surface area contributed by atoms with Crippen LogP contribution in [0.1, 0.15) is 22.8 Å². The molecule has 2 rings (SSSR count). The lowest BCUT2D eigenvalue weighted by molar-refractivity contribution is 0.102. The molecule has 2 aromatic rings. The fourth-order valence-electron chi connectivity index (χ4n) is 1.76. The van der Waals surface area contributed by atoms with Gasteiger partial charge in [0.1, 0.15) is 5.82 Å². The lowest BCUT2D eigenvalue weighted by Crippen LogP contribution is -2.12. The van der Waals surface area contributed by atoms with Gasteiger partial charge in [0.05, 0.1) is 5.69 Å². The Morgan fingerprint density at radius 1 is 1.26 bits per heavy atom.